The summed E-state index contributed by atoms with van der Waals surface area (Å²) in [7, 11) is 0. The second-order valence-electron chi connectivity index (χ2n) is 49.4. The Labute approximate surface area is 810 Å². The first-order valence-electron chi connectivity index (χ1n) is 60.9. The predicted octanol–water partition coefficient (Wildman–Crippen LogP) is 46.2. The maximum Gasteiger partial charge on any atom is 0 e. The Balaban J connectivity index is -0.000000288. The van der Waals surface area contributed by atoms with Crippen LogP contribution in [-0.2, 0) is 0 Å². The normalized spacial score (nSPS) is 37.8. The molecule has 0 aliphatic heterocycles. The summed E-state index contributed by atoms with van der Waals surface area (Å²) in [6, 6.07) is 0. The number of rotatable bonds is 34. The highest BCUT2D eigenvalue weighted by Crippen LogP contribution is 2.51. The van der Waals surface area contributed by atoms with Crippen molar-refractivity contribution in [1.82, 2.24) is 0 Å². The minimum absolute atomic E-state index is 0. The molecule has 14 rings (SSSR count). The van der Waals surface area contributed by atoms with Crippen LogP contribution in [0.5, 0.6) is 0 Å². The first-order chi connectivity index (χ1) is 61.3. The Morgan fingerprint density at radius 2 is 0.304 bits per heavy atom. The summed E-state index contributed by atoms with van der Waals surface area (Å²) in [4.78, 5) is 0. The molecule has 0 atom stereocenters. The molecular weight excluding hydrogens is 1500 g/mol. The van der Waals surface area contributed by atoms with Crippen molar-refractivity contribution in [3.8, 4) is 0 Å². The van der Waals surface area contributed by atoms with Gasteiger partial charge >= 0.3 is 0 Å². The van der Waals surface area contributed by atoms with E-state index in [0.717, 1.165) is 166 Å². The molecule has 14 fully saturated rings. The van der Waals surface area contributed by atoms with Crippen molar-refractivity contribution in [3.05, 3.63) is 12.7 Å². The molecule has 0 spiro atoms. The van der Waals surface area contributed by atoms with Crippen LogP contribution < -0.4 is 0 Å². The van der Waals surface area contributed by atoms with Crippen LogP contribution in [0.4, 0.5) is 0 Å². The van der Waals surface area contributed by atoms with Crippen molar-refractivity contribution in [2.75, 3.05) is 0 Å². The van der Waals surface area contributed by atoms with Crippen LogP contribution in [-0.4, -0.2) is 0 Å². The van der Waals surface area contributed by atoms with Crippen molar-refractivity contribution in [1.29, 1.82) is 0 Å². The van der Waals surface area contributed by atoms with Gasteiger partial charge in [-0.05, 0) is 358 Å². The number of allylic oxidation sites excluding steroid dienone is 1. The van der Waals surface area contributed by atoms with Crippen LogP contribution in [0.25, 0.3) is 0 Å². The van der Waals surface area contributed by atoms with E-state index in [4.69, 9.17) is 0 Å². The lowest BCUT2D eigenvalue weighted by Crippen LogP contribution is -2.25. The SMILES string of the molecule is C=CC1CCC(C2CCC(CC)CC2)CC1.CCCC1CCC(C2CCC(C)CC2)CC1.CCCC1CCC(C2CCC(CC)CC2)CC1.CCCCC1CCC(C2CCC(CC)CC2)CC1.CCCCC1CCC(C2CCC(CCC)CC2)CC1.CCCCCC1CCC(C2CCC(CC)CC2)CC1.CCCCCC1CCC(C2CCC(CCC)CC2)CC1.[HH].[HH].[HH].[HH].[HH].[HH].[HH].[HH].[HH].[HH].[HH].[HH].[HH].[HH]. The zero-order valence-corrected chi connectivity index (χ0v) is 88.4. The van der Waals surface area contributed by atoms with E-state index in [-0.39, 0.29) is 20.0 Å². The van der Waals surface area contributed by atoms with Gasteiger partial charge in [0.15, 0.2) is 0 Å². The number of hydrogen-bond donors (Lipinski definition) is 0. The number of unbranched alkanes of at least 4 members (excludes halogenated alkanes) is 6. The van der Waals surface area contributed by atoms with Gasteiger partial charge in [-0.15, -0.1) is 6.58 Å². The maximum absolute atomic E-state index is 3.94. The first kappa shape index (κ1) is 110. The van der Waals surface area contributed by atoms with E-state index in [1.54, 1.807) is 257 Å². The summed E-state index contributed by atoms with van der Waals surface area (Å²) in [6.07, 6.45) is 126. The molecule has 0 aromatic rings. The Morgan fingerprint density at radius 1 is 0.160 bits per heavy atom. The molecule has 125 heavy (non-hydrogen) atoms. The Morgan fingerprint density at radius 3 is 0.456 bits per heavy atom. The fraction of sp³-hybridized carbons (Fsp3) is 0.984. The highest BCUT2D eigenvalue weighted by atomic mass is 14.4. The van der Waals surface area contributed by atoms with Gasteiger partial charge in [-0.3, -0.25) is 0 Å². The lowest BCUT2D eigenvalue weighted by atomic mass is 9.68. The van der Waals surface area contributed by atoms with Gasteiger partial charge < -0.3 is 0 Å². The van der Waals surface area contributed by atoms with Crippen LogP contribution in [0.1, 0.15) is 636 Å². The van der Waals surface area contributed by atoms with E-state index < -0.39 is 0 Å². The smallest absolute Gasteiger partial charge is 0 e. The monoisotopic (exact) mass is 1760 g/mol. The second-order valence-corrected chi connectivity index (χ2v) is 49.4. The average Bonchev–Trinajstić information content (AvgIpc) is 0.994. The molecule has 0 bridgehead atoms. The highest BCUT2D eigenvalue weighted by Gasteiger charge is 2.38. The van der Waals surface area contributed by atoms with Crippen molar-refractivity contribution in [3.63, 3.8) is 0 Å². The Bertz CT molecular complexity index is 2450. The average molecular weight is 1770 g/mol. The molecule has 0 nitrogen and oxygen atoms in total. The molecule has 0 saturated heterocycles. The largest absolute Gasteiger partial charge is 0.103 e. The highest BCUT2D eigenvalue weighted by molar-refractivity contribution is 4.91. The van der Waals surface area contributed by atoms with Crippen molar-refractivity contribution in [2.45, 2.75) is 617 Å². The van der Waals surface area contributed by atoms with Gasteiger partial charge in [-0.1, -0.05) is 430 Å². The minimum Gasteiger partial charge on any atom is -0.103 e. The van der Waals surface area contributed by atoms with Gasteiger partial charge in [0.05, 0.1) is 0 Å². The molecular formula is C125H262. The van der Waals surface area contributed by atoms with Gasteiger partial charge in [0.2, 0.25) is 0 Å². The van der Waals surface area contributed by atoms with Crippen LogP contribution in [0, 0.1) is 166 Å². The van der Waals surface area contributed by atoms with E-state index in [0.29, 0.717) is 0 Å². The zero-order chi connectivity index (χ0) is 88.9. The lowest BCUT2D eigenvalue weighted by molar-refractivity contribution is 0.140. The second kappa shape index (κ2) is 67.1. The molecule has 0 amide bonds. The molecule has 14 saturated carbocycles. The summed E-state index contributed by atoms with van der Waals surface area (Å²) < 4.78 is 0. The summed E-state index contributed by atoms with van der Waals surface area (Å²) in [5.74, 6) is 30.3. The van der Waals surface area contributed by atoms with E-state index in [9.17, 15) is 0 Å². The molecule has 14 aliphatic rings. The standard InChI is InChI=1S/C20H38.2C19H36.C18H34.C17H32.C16H30.C16H28.14H2/c1-3-5-6-8-18-11-15-20(16-12-18)19-13-9-17(7-4-2)10-14-19;1-3-5-6-7-17-10-14-19(15-11-17)18-12-8-16(4-2)9-13-18;1-3-5-7-17-10-14-19(15-11-17)18-12-8-16(6-4-2)9-13-18;1-3-5-6-16-9-13-18(14-10-16)17-11-7-15(4-2)8-12-17;1-3-5-15-8-12-17(13-9-15)16-10-6-14(4-2)7-11-16;1-3-4-14-7-11-16(12-8-14)15-9-5-13(2)6-10-15;1-3-13-5-9-15(10-6-13)16-11-7-14(4-2)8-12-16;;;;;;;;;;;;;;/h17-20H,3-16H2,1-2H3;2*16-19H,3-15H2,1-2H3;15-18H,3-14H2,1-2H3;14-17H,3-13H2,1-2H3;13-16H,3-12H2,1-2H3;3,13-16H,1,4-12H2,2H3;14*1H. The zero-order valence-electron chi connectivity index (χ0n) is 88.4. The van der Waals surface area contributed by atoms with Crippen LogP contribution in [0.3, 0.4) is 0 Å². The third-order valence-electron chi connectivity index (χ3n) is 41.0. The van der Waals surface area contributed by atoms with Gasteiger partial charge in [0.25, 0.3) is 0 Å². The van der Waals surface area contributed by atoms with Gasteiger partial charge in [0, 0.05) is 20.0 Å². The van der Waals surface area contributed by atoms with Gasteiger partial charge in [-0.25, -0.2) is 0 Å². The van der Waals surface area contributed by atoms with Crippen LogP contribution >= 0.6 is 0 Å². The molecule has 0 N–H and O–H groups in total. The van der Waals surface area contributed by atoms with E-state index in [1.165, 1.54) is 270 Å². The molecule has 0 radical (unpaired) electrons. The third-order valence-corrected chi connectivity index (χ3v) is 41.0. The molecule has 0 aromatic heterocycles. The van der Waals surface area contributed by atoms with Crippen molar-refractivity contribution in [2.24, 2.45) is 166 Å². The summed E-state index contributed by atoms with van der Waals surface area (Å²) in [6.45, 7) is 34.6. The Kier molecular flexibility index (Phi) is 59.0. The van der Waals surface area contributed by atoms with E-state index in [2.05, 4.69) is 103 Å². The molecule has 0 unspecified atom stereocenters. The molecule has 0 heteroatoms. The maximum atomic E-state index is 3.94. The number of hydrogen-bond acceptors (Lipinski definition) is 0. The summed E-state index contributed by atoms with van der Waals surface area (Å²) in [5.41, 5.74) is 0. The van der Waals surface area contributed by atoms with Gasteiger partial charge in [-0.2, -0.15) is 0 Å². The molecule has 0 heterocycles. The van der Waals surface area contributed by atoms with E-state index >= 15 is 0 Å². The summed E-state index contributed by atoms with van der Waals surface area (Å²) >= 11 is 0. The molecule has 762 valence electrons. The third kappa shape index (κ3) is 42.5. The minimum atomic E-state index is 0. The lowest BCUT2D eigenvalue weighted by Gasteiger charge is -2.38. The fourth-order valence-electron chi connectivity index (χ4n) is 31.5. The molecule has 14 aliphatic carbocycles. The first-order valence-corrected chi connectivity index (χ1v) is 60.9. The topological polar surface area (TPSA) is 0 Å². The van der Waals surface area contributed by atoms with Crippen LogP contribution in [0.15, 0.2) is 12.7 Å². The Hall–Kier alpha value is -0.260. The summed E-state index contributed by atoms with van der Waals surface area (Å²) in [5, 5.41) is 0. The van der Waals surface area contributed by atoms with Crippen molar-refractivity contribution < 1.29 is 20.0 Å². The van der Waals surface area contributed by atoms with Crippen LogP contribution in [0.2, 0.25) is 0 Å². The fourth-order valence-corrected chi connectivity index (χ4v) is 31.5. The quantitative estimate of drug-likeness (QED) is 0.0445. The molecule has 0 aromatic carbocycles. The van der Waals surface area contributed by atoms with Crippen molar-refractivity contribution >= 4 is 0 Å². The predicted molar refractivity (Wildman–Crippen MR) is 590 cm³/mol. The van der Waals surface area contributed by atoms with E-state index in [1.807, 2.05) is 0 Å². The van der Waals surface area contributed by atoms with Gasteiger partial charge in [0.1, 0.15) is 0 Å².